The summed E-state index contributed by atoms with van der Waals surface area (Å²) in [4.78, 5) is 27.4. The van der Waals surface area contributed by atoms with Crippen molar-refractivity contribution in [3.8, 4) is 5.75 Å². The second-order valence-electron chi connectivity index (χ2n) is 3.99. The predicted octanol–water partition coefficient (Wildman–Crippen LogP) is 1.98. The number of hydrogen-bond acceptors (Lipinski definition) is 6. The Bertz CT molecular complexity index is 672. The van der Waals surface area contributed by atoms with Crippen LogP contribution in [0.2, 0.25) is 5.02 Å². The second kappa shape index (κ2) is 6.41. The number of aromatic nitrogens is 1. The van der Waals surface area contributed by atoms with E-state index in [1.54, 1.807) is 24.4 Å². The summed E-state index contributed by atoms with van der Waals surface area (Å²) in [6, 6.07) is 6.59. The first kappa shape index (κ1) is 15.1. The number of methoxy groups -OCH3 is 2. The van der Waals surface area contributed by atoms with Crippen LogP contribution >= 0.6 is 11.6 Å². The van der Waals surface area contributed by atoms with Gasteiger partial charge in [-0.15, -0.1) is 0 Å². The third-order valence-electron chi connectivity index (χ3n) is 2.75. The van der Waals surface area contributed by atoms with Gasteiger partial charge in [-0.2, -0.15) is 0 Å². The molecule has 0 atom stereocenters. The van der Waals surface area contributed by atoms with E-state index in [1.807, 2.05) is 0 Å². The van der Waals surface area contributed by atoms with Crippen molar-refractivity contribution < 1.29 is 23.8 Å². The van der Waals surface area contributed by atoms with Crippen molar-refractivity contribution in [3.05, 3.63) is 35.5 Å². The normalized spacial score (nSPS) is 10.5. The molecule has 0 aliphatic rings. The Hall–Kier alpha value is -2.34. The third kappa shape index (κ3) is 3.05. The Morgan fingerprint density at radius 1 is 1.14 bits per heavy atom. The zero-order valence-corrected chi connectivity index (χ0v) is 12.1. The van der Waals surface area contributed by atoms with Crippen LogP contribution in [0, 0.1) is 0 Å². The number of fused-ring (bicyclic) bond motifs is 1. The molecule has 2 aromatic rings. The molecule has 7 heteroatoms. The zero-order chi connectivity index (χ0) is 15.4. The van der Waals surface area contributed by atoms with Crippen molar-refractivity contribution >= 4 is 34.4 Å². The van der Waals surface area contributed by atoms with E-state index in [4.69, 9.17) is 16.3 Å². The maximum Gasteiger partial charge on any atom is 0.359 e. The molecule has 0 aliphatic heterocycles. The van der Waals surface area contributed by atoms with Gasteiger partial charge in [0.2, 0.25) is 0 Å². The number of esters is 2. The molecule has 21 heavy (non-hydrogen) atoms. The van der Waals surface area contributed by atoms with Crippen LogP contribution in [-0.2, 0) is 19.1 Å². The fourth-order valence-electron chi connectivity index (χ4n) is 1.74. The van der Waals surface area contributed by atoms with E-state index >= 15 is 0 Å². The van der Waals surface area contributed by atoms with Crippen LogP contribution in [0.4, 0.5) is 0 Å². The molecule has 110 valence electrons. The zero-order valence-electron chi connectivity index (χ0n) is 11.3. The van der Waals surface area contributed by atoms with E-state index < -0.39 is 18.0 Å². The third-order valence-corrected chi connectivity index (χ3v) is 3.08. The Labute approximate surface area is 125 Å². The van der Waals surface area contributed by atoms with Gasteiger partial charge in [0.1, 0.15) is 11.3 Å². The summed E-state index contributed by atoms with van der Waals surface area (Å²) < 4.78 is 14.5. The van der Waals surface area contributed by atoms with Crippen molar-refractivity contribution in [2.24, 2.45) is 0 Å². The molecule has 0 bridgehead atoms. The average Bonchev–Trinajstić information content (AvgIpc) is 2.53. The number of ether oxygens (including phenoxy) is 3. The lowest BCUT2D eigenvalue weighted by molar-refractivity contribution is -0.163. The van der Waals surface area contributed by atoms with Gasteiger partial charge < -0.3 is 14.2 Å². The smallest absolute Gasteiger partial charge is 0.359 e. The summed E-state index contributed by atoms with van der Waals surface area (Å²) in [5.74, 6) is -1.49. The topological polar surface area (TPSA) is 74.7 Å². The molecule has 0 N–H and O–H groups in total. The largest absolute Gasteiger partial charge is 0.466 e. The molecule has 0 spiro atoms. The number of nitrogens with zero attached hydrogens (tertiary/aromatic N) is 1. The number of pyridine rings is 1. The number of carbonyl (C=O) groups excluding carboxylic acids is 2. The monoisotopic (exact) mass is 309 g/mol. The number of halogens is 1. The summed E-state index contributed by atoms with van der Waals surface area (Å²) in [7, 11) is 2.31. The molecule has 0 radical (unpaired) electrons. The summed E-state index contributed by atoms with van der Waals surface area (Å²) in [5, 5.41) is 1.13. The molecule has 0 amide bonds. The van der Waals surface area contributed by atoms with Crippen molar-refractivity contribution in [1.82, 2.24) is 4.98 Å². The van der Waals surface area contributed by atoms with Crippen molar-refractivity contribution in [2.45, 2.75) is 6.10 Å². The Kier molecular flexibility index (Phi) is 4.59. The van der Waals surface area contributed by atoms with E-state index in [1.165, 1.54) is 6.07 Å². The van der Waals surface area contributed by atoms with E-state index in [-0.39, 0.29) is 5.75 Å². The number of rotatable bonds is 4. The average molecular weight is 310 g/mol. The van der Waals surface area contributed by atoms with Crippen LogP contribution in [0.1, 0.15) is 0 Å². The molecule has 6 nitrogen and oxygen atoms in total. The molecule has 0 saturated carbocycles. The van der Waals surface area contributed by atoms with Gasteiger partial charge >= 0.3 is 11.9 Å². The van der Waals surface area contributed by atoms with Gasteiger partial charge in [0.25, 0.3) is 6.10 Å². The highest BCUT2D eigenvalue weighted by Gasteiger charge is 2.31. The van der Waals surface area contributed by atoms with Gasteiger partial charge in [0.15, 0.2) is 0 Å². The number of carbonyl (C=O) groups is 2. The first-order chi connectivity index (χ1) is 10.1. The minimum atomic E-state index is -1.52. The molecule has 0 saturated heterocycles. The van der Waals surface area contributed by atoms with E-state index in [0.717, 1.165) is 14.2 Å². The maximum absolute atomic E-state index is 11.6. The summed E-state index contributed by atoms with van der Waals surface area (Å²) in [5.41, 5.74) is 0.433. The minimum absolute atomic E-state index is 0.232. The van der Waals surface area contributed by atoms with Crippen LogP contribution in [0.25, 0.3) is 10.9 Å². The maximum atomic E-state index is 11.6. The molecule has 1 aromatic carbocycles. The molecular weight excluding hydrogens is 298 g/mol. The van der Waals surface area contributed by atoms with E-state index in [9.17, 15) is 9.59 Å². The van der Waals surface area contributed by atoms with E-state index in [0.29, 0.717) is 15.9 Å². The standard InChI is InChI=1S/C14H12ClNO5/c1-19-13(17)12(14(18)20-2)21-10-6-5-9(15)8-4-3-7-16-11(8)10/h3-7,12H,1-2H3. The van der Waals surface area contributed by atoms with Crippen LogP contribution in [0.3, 0.4) is 0 Å². The van der Waals surface area contributed by atoms with Gasteiger partial charge in [-0.25, -0.2) is 9.59 Å². The second-order valence-corrected chi connectivity index (χ2v) is 4.40. The predicted molar refractivity (Wildman–Crippen MR) is 75.2 cm³/mol. The van der Waals surface area contributed by atoms with Crippen LogP contribution < -0.4 is 4.74 Å². The van der Waals surface area contributed by atoms with E-state index in [2.05, 4.69) is 14.5 Å². The lowest BCUT2D eigenvalue weighted by Crippen LogP contribution is -2.37. The highest BCUT2D eigenvalue weighted by molar-refractivity contribution is 6.35. The Morgan fingerprint density at radius 2 is 1.81 bits per heavy atom. The summed E-state index contributed by atoms with van der Waals surface area (Å²) >= 11 is 6.07. The lowest BCUT2D eigenvalue weighted by atomic mass is 10.2. The molecule has 2 rings (SSSR count). The fraction of sp³-hybridized carbons (Fsp3) is 0.214. The van der Waals surface area contributed by atoms with Crippen molar-refractivity contribution in [3.63, 3.8) is 0 Å². The molecule has 1 heterocycles. The van der Waals surface area contributed by atoms with Crippen LogP contribution in [-0.4, -0.2) is 37.2 Å². The minimum Gasteiger partial charge on any atom is -0.466 e. The van der Waals surface area contributed by atoms with Crippen LogP contribution in [0.15, 0.2) is 30.5 Å². The quantitative estimate of drug-likeness (QED) is 0.635. The Balaban J connectivity index is 2.44. The van der Waals surface area contributed by atoms with Crippen molar-refractivity contribution in [1.29, 1.82) is 0 Å². The van der Waals surface area contributed by atoms with Crippen LogP contribution in [0.5, 0.6) is 5.75 Å². The van der Waals surface area contributed by atoms with Gasteiger partial charge in [-0.3, -0.25) is 4.98 Å². The highest BCUT2D eigenvalue weighted by Crippen LogP contribution is 2.30. The number of benzene rings is 1. The molecule has 0 fully saturated rings. The van der Waals surface area contributed by atoms with Gasteiger partial charge in [-0.1, -0.05) is 11.6 Å². The fourth-order valence-corrected chi connectivity index (χ4v) is 1.96. The lowest BCUT2D eigenvalue weighted by Gasteiger charge is -2.16. The number of hydrogen-bond donors (Lipinski definition) is 0. The van der Waals surface area contributed by atoms with Gasteiger partial charge in [0, 0.05) is 11.6 Å². The summed E-state index contributed by atoms with van der Waals surface area (Å²) in [6.07, 6.45) is 0.0305. The van der Waals surface area contributed by atoms with Gasteiger partial charge in [-0.05, 0) is 24.3 Å². The van der Waals surface area contributed by atoms with Crippen molar-refractivity contribution in [2.75, 3.05) is 14.2 Å². The SMILES string of the molecule is COC(=O)C(Oc1ccc(Cl)c2cccnc12)C(=O)OC. The molecule has 0 aliphatic carbocycles. The molecular formula is C14H12ClNO5. The molecule has 1 aromatic heterocycles. The first-order valence-electron chi connectivity index (χ1n) is 5.94. The van der Waals surface area contributed by atoms with Gasteiger partial charge in [0.05, 0.1) is 19.2 Å². The highest BCUT2D eigenvalue weighted by atomic mass is 35.5. The first-order valence-corrected chi connectivity index (χ1v) is 6.31. The Morgan fingerprint density at radius 3 is 2.43 bits per heavy atom. The summed E-state index contributed by atoms with van der Waals surface area (Å²) in [6.45, 7) is 0. The molecule has 0 unspecified atom stereocenters.